The maximum absolute atomic E-state index is 11.3. The fourth-order valence-corrected chi connectivity index (χ4v) is 2.87. The van der Waals surface area contributed by atoms with Gasteiger partial charge in [0.25, 0.3) is 0 Å². The number of amides is 1. The van der Waals surface area contributed by atoms with Gasteiger partial charge < -0.3 is 15.2 Å². The summed E-state index contributed by atoms with van der Waals surface area (Å²) in [7, 11) is 0. The third kappa shape index (κ3) is 5.88. The zero-order chi connectivity index (χ0) is 19.6. The summed E-state index contributed by atoms with van der Waals surface area (Å²) >= 11 is 0. The molecule has 0 saturated carbocycles. The normalized spacial score (nSPS) is 10.4. The highest BCUT2D eigenvalue weighted by molar-refractivity contribution is 5.94. The van der Waals surface area contributed by atoms with Crippen LogP contribution in [-0.2, 0) is 0 Å². The van der Waals surface area contributed by atoms with E-state index in [-0.39, 0.29) is 0 Å². The Morgan fingerprint density at radius 2 is 1.32 bits per heavy atom. The van der Waals surface area contributed by atoms with Crippen molar-refractivity contribution in [2.45, 2.75) is 19.3 Å². The summed E-state index contributed by atoms with van der Waals surface area (Å²) in [5.74, 6) is 1.34. The first-order valence-corrected chi connectivity index (χ1v) is 9.53. The molecule has 3 aromatic rings. The van der Waals surface area contributed by atoms with E-state index in [2.05, 4.69) is 0 Å². The second-order valence-electron chi connectivity index (χ2n) is 6.54. The van der Waals surface area contributed by atoms with E-state index < -0.39 is 5.91 Å². The van der Waals surface area contributed by atoms with Crippen LogP contribution in [0.5, 0.6) is 11.5 Å². The Kier molecular flexibility index (Phi) is 7.08. The first-order valence-electron chi connectivity index (χ1n) is 9.53. The Balaban J connectivity index is 1.38. The van der Waals surface area contributed by atoms with Gasteiger partial charge in [-0.3, -0.25) is 4.79 Å². The largest absolute Gasteiger partial charge is 0.494 e. The molecule has 3 rings (SSSR count). The van der Waals surface area contributed by atoms with Crippen LogP contribution < -0.4 is 15.2 Å². The van der Waals surface area contributed by atoms with Gasteiger partial charge in [0.2, 0.25) is 5.91 Å². The minimum absolute atomic E-state index is 0.420. The van der Waals surface area contributed by atoms with Crippen LogP contribution in [0.4, 0.5) is 0 Å². The first-order chi connectivity index (χ1) is 13.7. The molecule has 0 aliphatic heterocycles. The Morgan fingerprint density at radius 3 is 1.96 bits per heavy atom. The van der Waals surface area contributed by atoms with Crippen molar-refractivity contribution >= 4 is 5.91 Å². The number of nitrogens with two attached hydrogens (primary N) is 1. The maximum Gasteiger partial charge on any atom is 0.248 e. The van der Waals surface area contributed by atoms with Crippen molar-refractivity contribution < 1.29 is 14.3 Å². The average Bonchev–Trinajstić information content (AvgIpc) is 2.74. The van der Waals surface area contributed by atoms with Crippen molar-refractivity contribution in [2.75, 3.05) is 13.2 Å². The number of carbonyl (C=O) groups excluding carboxylic acids is 1. The van der Waals surface area contributed by atoms with E-state index >= 15 is 0 Å². The SMILES string of the molecule is NC(=O)c1cccc(-c2ccc(OCCCCCOc3ccccc3)cc2)c1. The first kappa shape index (κ1) is 19.5. The van der Waals surface area contributed by atoms with Gasteiger partial charge in [-0.25, -0.2) is 0 Å². The van der Waals surface area contributed by atoms with Gasteiger partial charge in [-0.2, -0.15) is 0 Å². The van der Waals surface area contributed by atoms with Gasteiger partial charge >= 0.3 is 0 Å². The van der Waals surface area contributed by atoms with Gasteiger partial charge in [0.15, 0.2) is 0 Å². The van der Waals surface area contributed by atoms with Gasteiger partial charge in [-0.15, -0.1) is 0 Å². The van der Waals surface area contributed by atoms with E-state index in [1.807, 2.05) is 66.7 Å². The van der Waals surface area contributed by atoms with Gasteiger partial charge in [0, 0.05) is 5.56 Å². The van der Waals surface area contributed by atoms with Crippen LogP contribution in [0.1, 0.15) is 29.6 Å². The minimum Gasteiger partial charge on any atom is -0.494 e. The smallest absolute Gasteiger partial charge is 0.248 e. The zero-order valence-electron chi connectivity index (χ0n) is 15.8. The topological polar surface area (TPSA) is 61.6 Å². The maximum atomic E-state index is 11.3. The molecule has 1 amide bonds. The highest BCUT2D eigenvalue weighted by Crippen LogP contribution is 2.23. The standard InChI is InChI=1S/C24H25NO3/c25-24(26)21-9-7-8-20(18-21)19-12-14-23(15-13-19)28-17-6-2-5-16-27-22-10-3-1-4-11-22/h1,3-4,7-15,18H,2,5-6,16-17H2,(H2,25,26). The molecule has 0 saturated heterocycles. The van der Waals surface area contributed by atoms with Crippen LogP contribution in [0, 0.1) is 0 Å². The molecule has 4 heteroatoms. The molecule has 0 radical (unpaired) electrons. The van der Waals surface area contributed by atoms with E-state index in [0.717, 1.165) is 48.5 Å². The molecular weight excluding hydrogens is 350 g/mol. The average molecular weight is 375 g/mol. The molecule has 144 valence electrons. The number of carbonyl (C=O) groups is 1. The van der Waals surface area contributed by atoms with Crippen molar-refractivity contribution in [1.29, 1.82) is 0 Å². The number of hydrogen-bond donors (Lipinski definition) is 1. The van der Waals surface area contributed by atoms with Crippen LogP contribution in [0.2, 0.25) is 0 Å². The molecule has 0 unspecified atom stereocenters. The summed E-state index contributed by atoms with van der Waals surface area (Å²) in [6.07, 6.45) is 3.05. The second kappa shape index (κ2) is 10.2. The monoisotopic (exact) mass is 375 g/mol. The molecular formula is C24H25NO3. The van der Waals surface area contributed by atoms with Crippen LogP contribution in [0.15, 0.2) is 78.9 Å². The highest BCUT2D eigenvalue weighted by atomic mass is 16.5. The number of hydrogen-bond acceptors (Lipinski definition) is 3. The Bertz CT molecular complexity index is 876. The van der Waals surface area contributed by atoms with Gasteiger partial charge in [-0.1, -0.05) is 42.5 Å². The van der Waals surface area contributed by atoms with E-state index in [4.69, 9.17) is 15.2 Å². The lowest BCUT2D eigenvalue weighted by molar-refractivity contribution is 0.100. The number of para-hydroxylation sites is 1. The lowest BCUT2D eigenvalue weighted by Crippen LogP contribution is -2.10. The molecule has 3 aromatic carbocycles. The summed E-state index contributed by atoms with van der Waals surface area (Å²) in [6, 6.07) is 25.1. The van der Waals surface area contributed by atoms with Crippen molar-refractivity contribution in [3.63, 3.8) is 0 Å². The molecule has 28 heavy (non-hydrogen) atoms. The van der Waals surface area contributed by atoms with E-state index in [1.54, 1.807) is 12.1 Å². The van der Waals surface area contributed by atoms with Crippen LogP contribution in [-0.4, -0.2) is 19.1 Å². The molecule has 0 fully saturated rings. The Labute approximate surface area is 165 Å². The van der Waals surface area contributed by atoms with Gasteiger partial charge in [0.05, 0.1) is 13.2 Å². The lowest BCUT2D eigenvalue weighted by atomic mass is 10.0. The molecule has 0 aromatic heterocycles. The summed E-state index contributed by atoms with van der Waals surface area (Å²) in [4.78, 5) is 11.3. The summed E-state index contributed by atoms with van der Waals surface area (Å²) in [5.41, 5.74) is 7.84. The summed E-state index contributed by atoms with van der Waals surface area (Å²) in [6.45, 7) is 1.41. The quantitative estimate of drug-likeness (QED) is 0.503. The predicted molar refractivity (Wildman–Crippen MR) is 112 cm³/mol. The van der Waals surface area contributed by atoms with Crippen LogP contribution in [0.3, 0.4) is 0 Å². The number of ether oxygens (including phenoxy) is 2. The fourth-order valence-electron chi connectivity index (χ4n) is 2.87. The molecule has 0 heterocycles. The zero-order valence-corrected chi connectivity index (χ0v) is 15.8. The van der Waals surface area contributed by atoms with Crippen molar-refractivity contribution in [2.24, 2.45) is 5.73 Å². The van der Waals surface area contributed by atoms with E-state index in [1.165, 1.54) is 0 Å². The number of primary amides is 1. The van der Waals surface area contributed by atoms with Crippen LogP contribution >= 0.6 is 0 Å². The number of benzene rings is 3. The second-order valence-corrected chi connectivity index (χ2v) is 6.54. The summed E-state index contributed by atoms with van der Waals surface area (Å²) in [5, 5.41) is 0. The van der Waals surface area contributed by atoms with Crippen LogP contribution in [0.25, 0.3) is 11.1 Å². The van der Waals surface area contributed by atoms with Gasteiger partial charge in [0.1, 0.15) is 11.5 Å². The Morgan fingerprint density at radius 1 is 0.679 bits per heavy atom. The van der Waals surface area contributed by atoms with E-state index in [0.29, 0.717) is 12.2 Å². The fraction of sp³-hybridized carbons (Fsp3) is 0.208. The van der Waals surface area contributed by atoms with Crippen molar-refractivity contribution in [1.82, 2.24) is 0 Å². The molecule has 0 aliphatic rings. The molecule has 0 spiro atoms. The van der Waals surface area contributed by atoms with E-state index in [9.17, 15) is 4.79 Å². The summed E-state index contributed by atoms with van der Waals surface area (Å²) < 4.78 is 11.5. The molecule has 0 atom stereocenters. The lowest BCUT2D eigenvalue weighted by Gasteiger charge is -2.09. The number of unbranched alkanes of at least 4 members (excludes halogenated alkanes) is 2. The molecule has 0 bridgehead atoms. The highest BCUT2D eigenvalue weighted by Gasteiger charge is 2.04. The molecule has 2 N–H and O–H groups in total. The van der Waals surface area contributed by atoms with Crippen molar-refractivity contribution in [3.8, 4) is 22.6 Å². The molecule has 4 nitrogen and oxygen atoms in total. The minimum atomic E-state index is -0.420. The van der Waals surface area contributed by atoms with Gasteiger partial charge in [-0.05, 0) is 66.8 Å². The number of rotatable bonds is 10. The predicted octanol–water partition coefficient (Wildman–Crippen LogP) is 5.08. The molecule has 0 aliphatic carbocycles. The van der Waals surface area contributed by atoms with Crippen molar-refractivity contribution in [3.05, 3.63) is 84.4 Å². The Hall–Kier alpha value is -3.27. The third-order valence-corrected chi connectivity index (χ3v) is 4.40. The third-order valence-electron chi connectivity index (χ3n) is 4.40.